The topological polar surface area (TPSA) is 45.2 Å². The van der Waals surface area contributed by atoms with Gasteiger partial charge in [-0.1, -0.05) is 30.3 Å². The van der Waals surface area contributed by atoms with E-state index >= 15 is 0 Å². The summed E-state index contributed by atoms with van der Waals surface area (Å²) in [5, 5.41) is 3.02. The van der Waals surface area contributed by atoms with Crippen LogP contribution in [0.4, 0.5) is 0 Å². The zero-order valence-electron chi connectivity index (χ0n) is 13.8. The van der Waals surface area contributed by atoms with E-state index in [1.54, 1.807) is 18.0 Å². The van der Waals surface area contributed by atoms with Crippen molar-refractivity contribution in [1.82, 2.24) is 15.2 Å². The molecule has 0 fully saturated rings. The minimum atomic E-state index is 0.112. The Hall–Kier alpha value is -1.85. The fraction of sp³-hybridized carbons (Fsp3) is 0.368. The number of rotatable bonds is 7. The zero-order chi connectivity index (χ0) is 16.6. The van der Waals surface area contributed by atoms with Gasteiger partial charge in [0, 0.05) is 44.3 Å². The molecule has 1 amide bonds. The second-order valence-corrected chi connectivity index (χ2v) is 6.98. The predicted molar refractivity (Wildman–Crippen MR) is 98.8 cm³/mol. The summed E-state index contributed by atoms with van der Waals surface area (Å²) in [6.45, 7) is 3.69. The smallest absolute Gasteiger partial charge is 0.230 e. The van der Waals surface area contributed by atoms with E-state index in [0.29, 0.717) is 12.3 Å². The molecule has 1 aliphatic heterocycles. The lowest BCUT2D eigenvalue weighted by Crippen LogP contribution is -2.38. The van der Waals surface area contributed by atoms with Gasteiger partial charge >= 0.3 is 0 Å². The highest BCUT2D eigenvalue weighted by Crippen LogP contribution is 2.17. The summed E-state index contributed by atoms with van der Waals surface area (Å²) in [5.74, 6) is 1.43. The number of pyridine rings is 1. The van der Waals surface area contributed by atoms with Gasteiger partial charge in [0.25, 0.3) is 0 Å². The molecule has 2 heterocycles. The van der Waals surface area contributed by atoms with Crippen molar-refractivity contribution >= 4 is 17.7 Å². The minimum absolute atomic E-state index is 0.112. The number of hydrogen-bond acceptors (Lipinski definition) is 4. The fourth-order valence-electron chi connectivity index (χ4n) is 2.89. The molecule has 2 aromatic rings. The Labute approximate surface area is 147 Å². The van der Waals surface area contributed by atoms with E-state index < -0.39 is 0 Å². The van der Waals surface area contributed by atoms with E-state index in [1.165, 1.54) is 11.1 Å². The maximum atomic E-state index is 11.9. The third-order valence-corrected chi connectivity index (χ3v) is 5.19. The van der Waals surface area contributed by atoms with Crippen LogP contribution in [-0.2, 0) is 23.5 Å². The number of thioether (sulfide) groups is 1. The highest BCUT2D eigenvalue weighted by molar-refractivity contribution is 7.99. The molecule has 3 rings (SSSR count). The van der Waals surface area contributed by atoms with Crippen LogP contribution in [0.1, 0.15) is 16.7 Å². The van der Waals surface area contributed by atoms with Crippen LogP contribution >= 0.6 is 11.8 Å². The summed E-state index contributed by atoms with van der Waals surface area (Å²) in [6, 6.07) is 12.6. The molecule has 0 bridgehead atoms. The molecule has 0 saturated heterocycles. The number of carbonyl (C=O) groups excluding carboxylic acids is 1. The van der Waals surface area contributed by atoms with E-state index in [-0.39, 0.29) is 5.91 Å². The largest absolute Gasteiger partial charge is 0.354 e. The van der Waals surface area contributed by atoms with Gasteiger partial charge in [-0.2, -0.15) is 0 Å². The molecule has 1 aromatic heterocycles. The van der Waals surface area contributed by atoms with E-state index in [2.05, 4.69) is 39.5 Å². The van der Waals surface area contributed by atoms with Crippen molar-refractivity contribution in [3.8, 4) is 0 Å². The van der Waals surface area contributed by atoms with Gasteiger partial charge in [0.05, 0.1) is 5.75 Å². The van der Waals surface area contributed by atoms with Gasteiger partial charge in [-0.25, -0.2) is 0 Å². The number of amides is 1. The Morgan fingerprint density at radius 3 is 2.92 bits per heavy atom. The summed E-state index contributed by atoms with van der Waals surface area (Å²) in [7, 11) is 0. The summed E-state index contributed by atoms with van der Waals surface area (Å²) < 4.78 is 0. The van der Waals surface area contributed by atoms with Crippen molar-refractivity contribution in [3.63, 3.8) is 0 Å². The first-order valence-corrected chi connectivity index (χ1v) is 9.49. The Kier molecular flexibility index (Phi) is 6.26. The maximum Gasteiger partial charge on any atom is 0.230 e. The number of nitrogens with zero attached hydrogens (tertiary/aromatic N) is 2. The standard InChI is InChI=1S/C19H23N3OS/c23-19(15-24-14-16-4-3-8-20-12-16)21-9-11-22-10-7-17-5-1-2-6-18(17)13-22/h1-6,8,12H,7,9-11,13-15H2,(H,21,23). The van der Waals surface area contributed by atoms with Gasteiger partial charge in [-0.3, -0.25) is 14.7 Å². The van der Waals surface area contributed by atoms with Crippen LogP contribution < -0.4 is 5.32 Å². The first-order chi connectivity index (χ1) is 11.8. The molecule has 126 valence electrons. The monoisotopic (exact) mass is 341 g/mol. The molecule has 0 aliphatic carbocycles. The van der Waals surface area contributed by atoms with Gasteiger partial charge in [0.15, 0.2) is 0 Å². The Morgan fingerprint density at radius 1 is 1.21 bits per heavy atom. The summed E-state index contributed by atoms with van der Waals surface area (Å²) in [6.07, 6.45) is 4.71. The molecule has 1 aromatic carbocycles. The van der Waals surface area contributed by atoms with E-state index in [4.69, 9.17) is 0 Å². The lowest BCUT2D eigenvalue weighted by Gasteiger charge is -2.28. The van der Waals surface area contributed by atoms with Crippen LogP contribution in [0.5, 0.6) is 0 Å². The molecule has 5 heteroatoms. The third kappa shape index (κ3) is 5.08. The molecule has 0 radical (unpaired) electrons. The SMILES string of the molecule is O=C(CSCc1cccnc1)NCCN1CCc2ccccc2C1. The summed E-state index contributed by atoms with van der Waals surface area (Å²) >= 11 is 1.63. The number of benzene rings is 1. The normalized spacial score (nSPS) is 14.2. The Bertz CT molecular complexity index is 663. The van der Waals surface area contributed by atoms with Crippen molar-refractivity contribution in [2.24, 2.45) is 0 Å². The average molecular weight is 341 g/mol. The van der Waals surface area contributed by atoms with Crippen LogP contribution in [0, 0.1) is 0 Å². The third-order valence-electron chi connectivity index (χ3n) is 4.18. The summed E-state index contributed by atoms with van der Waals surface area (Å²) in [4.78, 5) is 18.4. The first-order valence-electron chi connectivity index (χ1n) is 8.34. The van der Waals surface area contributed by atoms with Gasteiger partial charge in [0.2, 0.25) is 5.91 Å². The van der Waals surface area contributed by atoms with Crippen molar-refractivity contribution in [1.29, 1.82) is 0 Å². The molecule has 1 N–H and O–H groups in total. The minimum Gasteiger partial charge on any atom is -0.354 e. The number of fused-ring (bicyclic) bond motifs is 1. The highest BCUT2D eigenvalue weighted by Gasteiger charge is 2.15. The average Bonchev–Trinajstić information content (AvgIpc) is 2.62. The van der Waals surface area contributed by atoms with Crippen LogP contribution in [0.3, 0.4) is 0 Å². The van der Waals surface area contributed by atoms with Crippen molar-refractivity contribution in [3.05, 3.63) is 65.5 Å². The molecule has 4 nitrogen and oxygen atoms in total. The van der Waals surface area contributed by atoms with E-state index in [1.807, 2.05) is 18.3 Å². The summed E-state index contributed by atoms with van der Waals surface area (Å²) in [5.41, 5.74) is 4.04. The molecule has 0 atom stereocenters. The van der Waals surface area contributed by atoms with E-state index in [9.17, 15) is 4.79 Å². The van der Waals surface area contributed by atoms with Gasteiger partial charge in [-0.15, -0.1) is 11.8 Å². The molecular weight excluding hydrogens is 318 g/mol. The molecule has 24 heavy (non-hydrogen) atoms. The molecule has 0 unspecified atom stereocenters. The lowest BCUT2D eigenvalue weighted by molar-refractivity contribution is -0.118. The quantitative estimate of drug-likeness (QED) is 0.840. The Morgan fingerprint density at radius 2 is 2.08 bits per heavy atom. The predicted octanol–water partition coefficient (Wildman–Crippen LogP) is 2.49. The lowest BCUT2D eigenvalue weighted by atomic mass is 10.00. The van der Waals surface area contributed by atoms with Crippen LogP contribution in [0.15, 0.2) is 48.8 Å². The second-order valence-electron chi connectivity index (χ2n) is 6.00. The van der Waals surface area contributed by atoms with Crippen molar-refractivity contribution < 1.29 is 4.79 Å². The number of hydrogen-bond donors (Lipinski definition) is 1. The Balaban J connectivity index is 1.31. The second kappa shape index (κ2) is 8.85. The first kappa shape index (κ1) is 17.0. The fourth-order valence-corrected chi connectivity index (χ4v) is 3.69. The maximum absolute atomic E-state index is 11.9. The highest BCUT2D eigenvalue weighted by atomic mass is 32.2. The van der Waals surface area contributed by atoms with Gasteiger partial charge < -0.3 is 5.32 Å². The number of nitrogens with one attached hydrogen (secondary N) is 1. The van der Waals surface area contributed by atoms with Gasteiger partial charge in [0.1, 0.15) is 0 Å². The zero-order valence-corrected chi connectivity index (χ0v) is 14.6. The number of aromatic nitrogens is 1. The van der Waals surface area contributed by atoms with Crippen LogP contribution in [0.2, 0.25) is 0 Å². The van der Waals surface area contributed by atoms with Crippen molar-refractivity contribution in [2.45, 2.75) is 18.7 Å². The molecule has 0 saturated carbocycles. The van der Waals surface area contributed by atoms with E-state index in [0.717, 1.165) is 37.4 Å². The van der Waals surface area contributed by atoms with Gasteiger partial charge in [-0.05, 0) is 29.2 Å². The van der Waals surface area contributed by atoms with Crippen LogP contribution in [0.25, 0.3) is 0 Å². The van der Waals surface area contributed by atoms with Crippen molar-refractivity contribution in [2.75, 3.05) is 25.4 Å². The number of carbonyl (C=O) groups is 1. The molecular formula is C19H23N3OS. The molecule has 1 aliphatic rings. The van der Waals surface area contributed by atoms with Crippen LogP contribution in [-0.4, -0.2) is 41.2 Å². The molecule has 0 spiro atoms.